The molecular weight excluding hydrogens is 475 g/mol. The van der Waals surface area contributed by atoms with Crippen molar-refractivity contribution in [2.24, 2.45) is 0 Å². The maximum absolute atomic E-state index is 14.1. The minimum atomic E-state index is -0.835. The monoisotopic (exact) mass is 508 g/mol. The molecule has 0 saturated carbocycles. The minimum Gasteiger partial charge on any atom is -0.463 e. The fourth-order valence-corrected chi connectivity index (χ4v) is 5.03. The molecule has 8 nitrogen and oxygen atoms in total. The van der Waals surface area contributed by atoms with Crippen molar-refractivity contribution in [1.82, 2.24) is 20.0 Å². The Morgan fingerprint density at radius 1 is 1.08 bits per heavy atom. The molecule has 196 valence electrons. The number of carbonyl (C=O) groups is 3. The Balaban J connectivity index is 1.64. The molecule has 3 amide bonds. The van der Waals surface area contributed by atoms with Crippen LogP contribution in [0.25, 0.3) is 0 Å². The topological polar surface area (TPSA) is 82.2 Å². The predicted octanol–water partition coefficient (Wildman–Crippen LogP) is 3.58. The molecule has 1 fully saturated rings. The largest absolute Gasteiger partial charge is 0.463 e. The molecule has 2 unspecified atom stereocenters. The number of amides is 3. The van der Waals surface area contributed by atoms with Gasteiger partial charge in [-0.3, -0.25) is 14.6 Å². The molecule has 2 aromatic carbocycles. The highest BCUT2D eigenvalue weighted by Gasteiger charge is 2.39. The summed E-state index contributed by atoms with van der Waals surface area (Å²) in [5.74, 6) is -1.02. The molecule has 0 spiro atoms. The second-order valence-corrected chi connectivity index (χ2v) is 9.21. The summed E-state index contributed by atoms with van der Waals surface area (Å²) in [6.07, 6.45) is 0. The first-order valence-electron chi connectivity index (χ1n) is 12.7. The number of nitrogens with one attached hydrogen (secondary N) is 1. The van der Waals surface area contributed by atoms with E-state index < -0.39 is 17.8 Å². The minimum absolute atomic E-state index is 0.0161. The summed E-state index contributed by atoms with van der Waals surface area (Å²) < 4.78 is 19.5. The third-order valence-electron chi connectivity index (χ3n) is 6.80. The molecule has 1 saturated heterocycles. The van der Waals surface area contributed by atoms with Crippen molar-refractivity contribution in [1.29, 1.82) is 0 Å². The van der Waals surface area contributed by atoms with E-state index in [-0.39, 0.29) is 24.6 Å². The van der Waals surface area contributed by atoms with Gasteiger partial charge in [-0.2, -0.15) is 0 Å². The van der Waals surface area contributed by atoms with Gasteiger partial charge >= 0.3 is 12.0 Å². The number of rotatable bonds is 7. The summed E-state index contributed by atoms with van der Waals surface area (Å²) in [6.45, 7) is 8.05. The number of ether oxygens (including phenoxy) is 1. The van der Waals surface area contributed by atoms with Gasteiger partial charge in [0.1, 0.15) is 5.82 Å². The molecule has 9 heteroatoms. The summed E-state index contributed by atoms with van der Waals surface area (Å²) in [5.41, 5.74) is 1.95. The summed E-state index contributed by atoms with van der Waals surface area (Å²) in [5, 5.41) is 2.86. The molecule has 2 heterocycles. The number of halogens is 1. The first kappa shape index (κ1) is 26.3. The van der Waals surface area contributed by atoms with Gasteiger partial charge in [0.2, 0.25) is 0 Å². The lowest BCUT2D eigenvalue weighted by atomic mass is 9.94. The highest BCUT2D eigenvalue weighted by molar-refractivity contribution is 5.95. The molecule has 0 aliphatic carbocycles. The van der Waals surface area contributed by atoms with Crippen LogP contribution in [0.3, 0.4) is 0 Å². The van der Waals surface area contributed by atoms with Crippen molar-refractivity contribution in [3.8, 4) is 0 Å². The van der Waals surface area contributed by atoms with Crippen molar-refractivity contribution < 1.29 is 23.5 Å². The number of esters is 1. The third-order valence-corrected chi connectivity index (χ3v) is 6.80. The van der Waals surface area contributed by atoms with Gasteiger partial charge in [0.15, 0.2) is 0 Å². The molecule has 37 heavy (non-hydrogen) atoms. The molecule has 4 rings (SSSR count). The predicted molar refractivity (Wildman–Crippen MR) is 137 cm³/mol. The van der Waals surface area contributed by atoms with E-state index in [0.29, 0.717) is 55.1 Å². The van der Waals surface area contributed by atoms with Gasteiger partial charge in [0, 0.05) is 50.0 Å². The summed E-state index contributed by atoms with van der Waals surface area (Å²) in [6, 6.07) is 13.8. The number of likely N-dealkylation sites (N-methyl/N-ethyl adjacent to an activating group) is 1. The van der Waals surface area contributed by atoms with E-state index in [1.54, 1.807) is 19.1 Å². The van der Waals surface area contributed by atoms with Crippen LogP contribution in [0, 0.1) is 5.82 Å². The van der Waals surface area contributed by atoms with Gasteiger partial charge in [0.05, 0.1) is 18.2 Å². The second kappa shape index (κ2) is 11.6. The van der Waals surface area contributed by atoms with E-state index in [0.717, 1.165) is 0 Å². The van der Waals surface area contributed by atoms with Gasteiger partial charge in [-0.15, -0.1) is 0 Å². The number of hydrogen-bond donors (Lipinski definition) is 1. The lowest BCUT2D eigenvalue weighted by Crippen LogP contribution is -2.56. The molecule has 0 aromatic heterocycles. The molecule has 2 aliphatic rings. The zero-order valence-electron chi connectivity index (χ0n) is 21.4. The van der Waals surface area contributed by atoms with Gasteiger partial charge in [-0.25, -0.2) is 14.0 Å². The highest BCUT2D eigenvalue weighted by atomic mass is 19.1. The molecule has 2 aromatic rings. The van der Waals surface area contributed by atoms with Crippen molar-refractivity contribution >= 4 is 17.9 Å². The highest BCUT2D eigenvalue weighted by Crippen LogP contribution is 2.32. The number of nitrogens with zero attached hydrogens (tertiary/aromatic N) is 3. The van der Waals surface area contributed by atoms with E-state index in [1.165, 1.54) is 17.0 Å². The van der Waals surface area contributed by atoms with Crippen LogP contribution in [-0.2, 0) is 9.53 Å². The Hall–Kier alpha value is -3.72. The Kier molecular flexibility index (Phi) is 8.23. The average Bonchev–Trinajstić information content (AvgIpc) is 2.89. The van der Waals surface area contributed by atoms with Crippen LogP contribution in [0.15, 0.2) is 65.9 Å². The van der Waals surface area contributed by atoms with Crippen molar-refractivity contribution in [3.05, 3.63) is 82.8 Å². The number of urea groups is 1. The Bertz CT molecular complexity index is 1190. The van der Waals surface area contributed by atoms with Crippen molar-refractivity contribution in [3.63, 3.8) is 0 Å². The second-order valence-electron chi connectivity index (χ2n) is 9.21. The fourth-order valence-electron chi connectivity index (χ4n) is 5.03. The van der Waals surface area contributed by atoms with E-state index >= 15 is 0 Å². The standard InChI is InChI=1S/C28H33FN4O4/c1-4-32-23(18-31-14-15-33(19(3)17-31)26(34)20-10-7-6-8-11-20)24(27(35)37-5-2)25(30-28(32)36)21-12-9-13-22(29)16-21/h6-13,16,19,25H,4-5,14-15,17-18H2,1-3H3,(H,30,36). The molecule has 2 atom stereocenters. The Labute approximate surface area is 216 Å². The van der Waals surface area contributed by atoms with E-state index in [2.05, 4.69) is 10.2 Å². The maximum atomic E-state index is 14.1. The summed E-state index contributed by atoms with van der Waals surface area (Å²) in [7, 11) is 0. The maximum Gasteiger partial charge on any atom is 0.338 e. The zero-order chi connectivity index (χ0) is 26.5. The number of hydrogen-bond acceptors (Lipinski definition) is 5. The first-order valence-corrected chi connectivity index (χ1v) is 12.7. The van der Waals surface area contributed by atoms with E-state index in [4.69, 9.17) is 4.74 Å². The van der Waals surface area contributed by atoms with Crippen LogP contribution in [-0.4, -0.2) is 78.0 Å². The quantitative estimate of drug-likeness (QED) is 0.579. The van der Waals surface area contributed by atoms with E-state index in [1.807, 2.05) is 49.1 Å². The Morgan fingerprint density at radius 2 is 1.84 bits per heavy atom. The Morgan fingerprint density at radius 3 is 2.49 bits per heavy atom. The molecular formula is C28H33FN4O4. The normalized spacial score (nSPS) is 20.6. The molecule has 1 N–H and O–H groups in total. The van der Waals surface area contributed by atoms with Gasteiger partial charge in [-0.05, 0) is 50.6 Å². The number of piperazine rings is 1. The van der Waals surface area contributed by atoms with Crippen LogP contribution in [0.4, 0.5) is 9.18 Å². The number of benzene rings is 2. The van der Waals surface area contributed by atoms with Crippen LogP contribution in [0.2, 0.25) is 0 Å². The van der Waals surface area contributed by atoms with Crippen molar-refractivity contribution in [2.45, 2.75) is 32.9 Å². The lowest BCUT2D eigenvalue weighted by Gasteiger charge is -2.43. The molecule has 0 radical (unpaired) electrons. The van der Waals surface area contributed by atoms with Crippen molar-refractivity contribution in [2.75, 3.05) is 39.3 Å². The van der Waals surface area contributed by atoms with Crippen LogP contribution in [0.1, 0.15) is 42.7 Å². The SMILES string of the molecule is CCOC(=O)C1=C(CN2CCN(C(=O)c3ccccc3)C(C)C2)N(CC)C(=O)NC1c1cccc(F)c1. The van der Waals surface area contributed by atoms with Gasteiger partial charge < -0.3 is 15.0 Å². The first-order chi connectivity index (χ1) is 17.8. The average molecular weight is 509 g/mol. The third kappa shape index (κ3) is 5.67. The molecule has 0 bridgehead atoms. The summed E-state index contributed by atoms with van der Waals surface area (Å²) in [4.78, 5) is 44.9. The summed E-state index contributed by atoms with van der Waals surface area (Å²) >= 11 is 0. The van der Waals surface area contributed by atoms with Gasteiger partial charge in [0.25, 0.3) is 5.91 Å². The smallest absolute Gasteiger partial charge is 0.338 e. The van der Waals surface area contributed by atoms with Crippen LogP contribution < -0.4 is 5.32 Å². The van der Waals surface area contributed by atoms with E-state index in [9.17, 15) is 18.8 Å². The molecule has 2 aliphatic heterocycles. The van der Waals surface area contributed by atoms with Crippen LogP contribution >= 0.6 is 0 Å². The lowest BCUT2D eigenvalue weighted by molar-refractivity contribution is -0.139. The van der Waals surface area contributed by atoms with Gasteiger partial charge in [-0.1, -0.05) is 30.3 Å². The fraction of sp³-hybridized carbons (Fsp3) is 0.393. The van der Waals surface area contributed by atoms with Crippen LogP contribution in [0.5, 0.6) is 0 Å². The zero-order valence-corrected chi connectivity index (χ0v) is 21.4. The number of carbonyl (C=O) groups excluding carboxylic acids is 3.